The van der Waals surface area contributed by atoms with Crippen LogP contribution in [0.2, 0.25) is 0 Å². The molecule has 1 aliphatic rings. The maximum atomic E-state index is 12.4. The maximum Gasteiger partial charge on any atom is 0.253 e. The number of aromatic hydroxyl groups is 1. The number of nitrogens with zero attached hydrogens (tertiary/aromatic N) is 1. The van der Waals surface area contributed by atoms with Gasteiger partial charge in [0.05, 0.1) is 0 Å². The molecule has 3 heteroatoms. The molecule has 1 fully saturated rings. The van der Waals surface area contributed by atoms with Crippen molar-refractivity contribution in [1.82, 2.24) is 4.90 Å². The number of rotatable bonds is 1. The average molecular weight is 255 g/mol. The summed E-state index contributed by atoms with van der Waals surface area (Å²) in [4.78, 5) is 14.3. The molecule has 0 bridgehead atoms. The second-order valence-corrected chi connectivity index (χ2v) is 5.10. The molecular formula is C16H17NO2. The van der Waals surface area contributed by atoms with Gasteiger partial charge in [0.1, 0.15) is 5.75 Å². The van der Waals surface area contributed by atoms with Crippen LogP contribution in [0.3, 0.4) is 0 Å². The molecule has 0 atom stereocenters. The number of phenolic OH excluding ortho intramolecular Hbond substituents is 1. The molecule has 0 radical (unpaired) electrons. The van der Waals surface area contributed by atoms with Crippen LogP contribution in [0, 0.1) is 0 Å². The lowest BCUT2D eigenvalue weighted by atomic mass is 10.0. The third-order valence-electron chi connectivity index (χ3n) is 3.71. The van der Waals surface area contributed by atoms with Crippen LogP contribution in [0.4, 0.5) is 0 Å². The van der Waals surface area contributed by atoms with Gasteiger partial charge in [-0.15, -0.1) is 0 Å². The lowest BCUT2D eigenvalue weighted by Gasteiger charge is -2.26. The number of likely N-dealkylation sites (tertiary alicyclic amines) is 1. The first-order valence-electron chi connectivity index (χ1n) is 6.76. The van der Waals surface area contributed by atoms with Crippen molar-refractivity contribution in [2.24, 2.45) is 0 Å². The summed E-state index contributed by atoms with van der Waals surface area (Å²) in [5.41, 5.74) is 0.736. The highest BCUT2D eigenvalue weighted by Crippen LogP contribution is 2.22. The van der Waals surface area contributed by atoms with Gasteiger partial charge in [-0.2, -0.15) is 0 Å². The molecule has 0 unspecified atom stereocenters. The molecule has 1 saturated heterocycles. The number of fused-ring (bicyclic) bond motifs is 1. The lowest BCUT2D eigenvalue weighted by molar-refractivity contribution is 0.0724. The van der Waals surface area contributed by atoms with Crippen LogP contribution in [0.5, 0.6) is 5.75 Å². The first kappa shape index (κ1) is 12.0. The Morgan fingerprint density at radius 2 is 1.63 bits per heavy atom. The van der Waals surface area contributed by atoms with Gasteiger partial charge in [-0.3, -0.25) is 4.79 Å². The SMILES string of the molecule is O=C(c1ccc2cc(O)ccc2c1)N1CCCCC1. The first-order valence-corrected chi connectivity index (χ1v) is 6.76. The monoisotopic (exact) mass is 255 g/mol. The third-order valence-corrected chi connectivity index (χ3v) is 3.71. The fourth-order valence-corrected chi connectivity index (χ4v) is 2.65. The Morgan fingerprint density at radius 3 is 2.42 bits per heavy atom. The van der Waals surface area contributed by atoms with E-state index >= 15 is 0 Å². The number of benzene rings is 2. The van der Waals surface area contributed by atoms with Crippen molar-refractivity contribution in [2.75, 3.05) is 13.1 Å². The highest BCUT2D eigenvalue weighted by atomic mass is 16.3. The van der Waals surface area contributed by atoms with E-state index in [1.807, 2.05) is 29.2 Å². The van der Waals surface area contributed by atoms with Crippen molar-refractivity contribution in [3.05, 3.63) is 42.0 Å². The zero-order valence-electron chi connectivity index (χ0n) is 10.8. The normalized spacial score (nSPS) is 15.7. The molecule has 0 aliphatic carbocycles. The molecular weight excluding hydrogens is 238 g/mol. The van der Waals surface area contributed by atoms with Crippen LogP contribution in [-0.2, 0) is 0 Å². The Hall–Kier alpha value is -2.03. The second-order valence-electron chi connectivity index (χ2n) is 5.10. The number of piperidine rings is 1. The number of amides is 1. The Balaban J connectivity index is 1.92. The van der Waals surface area contributed by atoms with Crippen molar-refractivity contribution >= 4 is 16.7 Å². The predicted molar refractivity (Wildman–Crippen MR) is 75.4 cm³/mol. The van der Waals surface area contributed by atoms with Crippen molar-refractivity contribution in [1.29, 1.82) is 0 Å². The van der Waals surface area contributed by atoms with E-state index in [1.54, 1.807) is 12.1 Å². The standard InChI is InChI=1S/C16H17NO2/c18-15-7-6-12-10-14(5-4-13(12)11-15)16(19)17-8-2-1-3-9-17/h4-7,10-11,18H,1-3,8-9H2. The summed E-state index contributed by atoms with van der Waals surface area (Å²) in [6, 6.07) is 10.9. The fraction of sp³-hybridized carbons (Fsp3) is 0.312. The van der Waals surface area contributed by atoms with E-state index in [-0.39, 0.29) is 11.7 Å². The van der Waals surface area contributed by atoms with Crippen LogP contribution >= 0.6 is 0 Å². The number of carbonyl (C=O) groups excluding carboxylic acids is 1. The van der Waals surface area contributed by atoms with Crippen LogP contribution in [-0.4, -0.2) is 29.0 Å². The number of hydrogen-bond donors (Lipinski definition) is 1. The Kier molecular flexibility index (Phi) is 3.11. The van der Waals surface area contributed by atoms with Crippen LogP contribution in [0.1, 0.15) is 29.6 Å². The minimum Gasteiger partial charge on any atom is -0.508 e. The smallest absolute Gasteiger partial charge is 0.253 e. The number of carbonyl (C=O) groups is 1. The maximum absolute atomic E-state index is 12.4. The molecule has 3 nitrogen and oxygen atoms in total. The minimum atomic E-state index is 0.120. The van der Waals surface area contributed by atoms with Gasteiger partial charge in [-0.25, -0.2) is 0 Å². The van der Waals surface area contributed by atoms with E-state index in [9.17, 15) is 9.90 Å². The fourth-order valence-electron chi connectivity index (χ4n) is 2.65. The molecule has 2 aromatic carbocycles. The molecule has 19 heavy (non-hydrogen) atoms. The second kappa shape index (κ2) is 4.92. The molecule has 3 rings (SSSR count). The summed E-state index contributed by atoms with van der Waals surface area (Å²) >= 11 is 0. The van der Waals surface area contributed by atoms with Crippen molar-refractivity contribution in [3.63, 3.8) is 0 Å². The minimum absolute atomic E-state index is 0.120. The highest BCUT2D eigenvalue weighted by Gasteiger charge is 2.18. The third kappa shape index (κ3) is 2.41. The van der Waals surface area contributed by atoms with Gasteiger partial charge in [-0.1, -0.05) is 12.1 Å². The lowest BCUT2D eigenvalue weighted by Crippen LogP contribution is -2.35. The summed E-state index contributed by atoms with van der Waals surface area (Å²) in [5.74, 6) is 0.372. The van der Waals surface area contributed by atoms with Gasteiger partial charge in [0.15, 0.2) is 0 Å². The predicted octanol–water partition coefficient (Wildman–Crippen LogP) is 3.17. The van der Waals surface area contributed by atoms with E-state index < -0.39 is 0 Å². The van der Waals surface area contributed by atoms with E-state index in [0.29, 0.717) is 0 Å². The van der Waals surface area contributed by atoms with Gasteiger partial charge in [0.25, 0.3) is 5.91 Å². The zero-order valence-corrected chi connectivity index (χ0v) is 10.8. The quantitative estimate of drug-likeness (QED) is 0.850. The Morgan fingerprint density at radius 1 is 0.947 bits per heavy atom. The largest absolute Gasteiger partial charge is 0.508 e. The summed E-state index contributed by atoms with van der Waals surface area (Å²) in [6.45, 7) is 1.74. The molecule has 1 amide bonds. The molecule has 2 aromatic rings. The van der Waals surface area contributed by atoms with E-state index in [4.69, 9.17) is 0 Å². The van der Waals surface area contributed by atoms with E-state index in [0.717, 1.165) is 42.3 Å². The first-order chi connectivity index (χ1) is 9.24. The van der Waals surface area contributed by atoms with Crippen LogP contribution < -0.4 is 0 Å². The van der Waals surface area contributed by atoms with Gasteiger partial charge in [0.2, 0.25) is 0 Å². The Labute approximate surface area is 112 Å². The molecule has 0 saturated carbocycles. The summed E-state index contributed by atoms with van der Waals surface area (Å²) in [6.07, 6.45) is 3.43. The van der Waals surface area contributed by atoms with Gasteiger partial charge in [-0.05, 0) is 54.3 Å². The van der Waals surface area contributed by atoms with Gasteiger partial charge < -0.3 is 10.0 Å². The van der Waals surface area contributed by atoms with Crippen molar-refractivity contribution in [3.8, 4) is 5.75 Å². The Bertz CT molecular complexity index is 615. The highest BCUT2D eigenvalue weighted by molar-refractivity contribution is 5.98. The van der Waals surface area contributed by atoms with E-state index in [1.165, 1.54) is 6.42 Å². The average Bonchev–Trinajstić information content (AvgIpc) is 2.47. The van der Waals surface area contributed by atoms with Crippen LogP contribution in [0.25, 0.3) is 10.8 Å². The zero-order chi connectivity index (χ0) is 13.2. The topological polar surface area (TPSA) is 40.5 Å². The molecule has 1 heterocycles. The molecule has 0 aromatic heterocycles. The summed E-state index contributed by atoms with van der Waals surface area (Å²) in [5, 5.41) is 11.4. The van der Waals surface area contributed by atoms with Crippen molar-refractivity contribution in [2.45, 2.75) is 19.3 Å². The van der Waals surface area contributed by atoms with Gasteiger partial charge >= 0.3 is 0 Å². The van der Waals surface area contributed by atoms with Crippen molar-refractivity contribution < 1.29 is 9.90 Å². The van der Waals surface area contributed by atoms with Crippen LogP contribution in [0.15, 0.2) is 36.4 Å². The van der Waals surface area contributed by atoms with E-state index in [2.05, 4.69) is 0 Å². The summed E-state index contributed by atoms with van der Waals surface area (Å²) < 4.78 is 0. The number of hydrogen-bond acceptors (Lipinski definition) is 2. The summed E-state index contributed by atoms with van der Waals surface area (Å²) in [7, 11) is 0. The molecule has 98 valence electrons. The molecule has 0 spiro atoms. The number of phenols is 1. The molecule has 1 aliphatic heterocycles. The van der Waals surface area contributed by atoms with Gasteiger partial charge in [0, 0.05) is 18.7 Å². The molecule has 1 N–H and O–H groups in total.